The Balaban J connectivity index is 3.68. The highest BCUT2D eigenvalue weighted by Gasteiger charge is 1.93. The first-order valence-corrected chi connectivity index (χ1v) is 2.47. The van der Waals surface area contributed by atoms with Crippen molar-refractivity contribution in [1.29, 1.82) is 0 Å². The van der Waals surface area contributed by atoms with E-state index in [1.54, 1.807) is 6.07 Å². The minimum absolute atomic E-state index is 0.389. The summed E-state index contributed by atoms with van der Waals surface area (Å²) in [7, 11) is 0. The van der Waals surface area contributed by atoms with Crippen LogP contribution in [0.1, 0.15) is 0 Å². The molecule has 0 saturated heterocycles. The molecule has 3 nitrogen and oxygen atoms in total. The molecule has 3 heteroatoms. The Morgan fingerprint density at radius 2 is 2.11 bits per heavy atom. The summed E-state index contributed by atoms with van der Waals surface area (Å²) in [5.74, 6) is 0. The van der Waals surface area contributed by atoms with Gasteiger partial charge < -0.3 is 10.9 Å². The summed E-state index contributed by atoms with van der Waals surface area (Å²) in [6, 6.07) is 1.56. The average Bonchev–Trinajstić information content (AvgIpc) is 1.98. The normalized spacial score (nSPS) is 9.78. The summed E-state index contributed by atoms with van der Waals surface area (Å²) in [5, 5.41) is 9.78. The van der Waals surface area contributed by atoms with Crippen LogP contribution >= 0.6 is 0 Å². The Morgan fingerprint density at radius 3 is 2.22 bits per heavy atom. The number of aromatic nitrogens is 1. The highest BCUT2D eigenvalue weighted by molar-refractivity contribution is 5.39. The Morgan fingerprint density at radius 1 is 1.56 bits per heavy atom. The number of anilines is 1. The Bertz CT molecular complexity index is 313. The van der Waals surface area contributed by atoms with Gasteiger partial charge in [0.1, 0.15) is 0 Å². The summed E-state index contributed by atoms with van der Waals surface area (Å²) in [6.45, 7) is 6.98. The van der Waals surface area contributed by atoms with Gasteiger partial charge in [-0.2, -0.15) is 4.73 Å². The fourth-order valence-corrected chi connectivity index (χ4v) is 0.620. The molecule has 1 aromatic heterocycles. The molecule has 0 spiro atoms. The van der Waals surface area contributed by atoms with E-state index in [4.69, 9.17) is 10.9 Å². The largest absolute Gasteiger partial charge is 0.428 e. The van der Waals surface area contributed by atoms with Crippen LogP contribution in [0.2, 0.25) is 0 Å². The third-order valence-electron chi connectivity index (χ3n) is 1.18. The second-order valence-corrected chi connectivity index (χ2v) is 1.85. The van der Waals surface area contributed by atoms with Crippen molar-refractivity contribution in [2.75, 3.05) is 5.73 Å². The first kappa shape index (κ1) is 5.75. The van der Waals surface area contributed by atoms with Crippen molar-refractivity contribution in [2.24, 2.45) is 0 Å². The van der Waals surface area contributed by atoms with Crippen LogP contribution in [0.5, 0.6) is 0 Å². The fraction of sp³-hybridized carbons (Fsp3) is 0. The van der Waals surface area contributed by atoms with Crippen LogP contribution in [-0.4, -0.2) is 9.94 Å². The minimum atomic E-state index is 0.389. The average molecular weight is 124 g/mol. The molecule has 48 valence electrons. The molecule has 0 fully saturated rings. The minimum Gasteiger partial charge on any atom is -0.428 e. The van der Waals surface area contributed by atoms with Gasteiger partial charge in [0.05, 0.1) is 16.4 Å². The summed E-state index contributed by atoms with van der Waals surface area (Å²) in [5.41, 5.74) is 5.82. The van der Waals surface area contributed by atoms with Crippen LogP contribution in [0.25, 0.3) is 13.2 Å². The van der Waals surface area contributed by atoms with Crippen LogP contribution in [0.3, 0.4) is 0 Å². The van der Waals surface area contributed by atoms with Crippen molar-refractivity contribution in [3.05, 3.63) is 16.8 Å². The molecule has 9 heavy (non-hydrogen) atoms. The molecule has 0 bridgehead atoms. The molecule has 1 rings (SSSR count). The van der Waals surface area contributed by atoms with Gasteiger partial charge in [-0.25, -0.2) is 0 Å². The second-order valence-electron chi connectivity index (χ2n) is 1.85. The smallest absolute Gasteiger partial charge is 0.0957 e. The summed E-state index contributed by atoms with van der Waals surface area (Å²) < 4.78 is 0.856. The van der Waals surface area contributed by atoms with Gasteiger partial charge in [0.25, 0.3) is 0 Å². The van der Waals surface area contributed by atoms with Crippen molar-refractivity contribution < 1.29 is 5.21 Å². The van der Waals surface area contributed by atoms with Crippen molar-refractivity contribution in [3.8, 4) is 0 Å². The zero-order valence-corrected chi connectivity index (χ0v) is 4.96. The van der Waals surface area contributed by atoms with E-state index in [9.17, 15) is 0 Å². The van der Waals surface area contributed by atoms with E-state index >= 15 is 0 Å². The monoisotopic (exact) mass is 124 g/mol. The summed E-state index contributed by atoms with van der Waals surface area (Å²) in [6.07, 6.45) is 0. The molecular weight excluding hydrogens is 116 g/mol. The zero-order valence-electron chi connectivity index (χ0n) is 4.96. The molecule has 0 saturated carbocycles. The zero-order chi connectivity index (χ0) is 7.02. The first-order chi connectivity index (χ1) is 4.13. The molecule has 0 amide bonds. The van der Waals surface area contributed by atoms with Gasteiger partial charge in [0.15, 0.2) is 0 Å². The lowest BCUT2D eigenvalue weighted by atomic mass is 10.5. The SMILES string of the molecule is C=c1cc(N)c(=C)n1O. The third kappa shape index (κ3) is 0.661. The van der Waals surface area contributed by atoms with Gasteiger partial charge in [-0.1, -0.05) is 13.2 Å². The molecule has 1 heterocycles. The Labute approximate surface area is 52.3 Å². The highest BCUT2D eigenvalue weighted by Crippen LogP contribution is 1.81. The van der Waals surface area contributed by atoms with Crippen LogP contribution in [0, 0.1) is 0 Å². The number of hydrogen-bond acceptors (Lipinski definition) is 2. The van der Waals surface area contributed by atoms with E-state index in [0.29, 0.717) is 16.4 Å². The quantitative estimate of drug-likeness (QED) is 0.442. The van der Waals surface area contributed by atoms with E-state index in [-0.39, 0.29) is 0 Å². The van der Waals surface area contributed by atoms with E-state index in [2.05, 4.69) is 13.2 Å². The summed E-state index contributed by atoms with van der Waals surface area (Å²) >= 11 is 0. The molecular formula is C6H8N2O. The first-order valence-electron chi connectivity index (χ1n) is 2.47. The van der Waals surface area contributed by atoms with E-state index in [0.717, 1.165) is 4.73 Å². The molecule has 0 aliphatic rings. The van der Waals surface area contributed by atoms with Gasteiger partial charge in [0.2, 0.25) is 0 Å². The maximum atomic E-state index is 8.94. The lowest BCUT2D eigenvalue weighted by Gasteiger charge is -1.86. The standard InChI is InChI=1S/C6H8N2O/c1-4-3-6(7)5(2)8(4)9/h3,9H,1-2,7H2. The van der Waals surface area contributed by atoms with Gasteiger partial charge in [-0.3, -0.25) is 0 Å². The van der Waals surface area contributed by atoms with Crippen molar-refractivity contribution >= 4 is 18.8 Å². The van der Waals surface area contributed by atoms with E-state index in [1.165, 1.54) is 0 Å². The van der Waals surface area contributed by atoms with E-state index < -0.39 is 0 Å². The van der Waals surface area contributed by atoms with Crippen LogP contribution in [0.15, 0.2) is 6.07 Å². The molecule has 0 atom stereocenters. The number of nitrogen functional groups attached to an aromatic ring is 1. The second kappa shape index (κ2) is 1.55. The van der Waals surface area contributed by atoms with Crippen molar-refractivity contribution in [2.45, 2.75) is 0 Å². The molecule has 0 aliphatic heterocycles. The van der Waals surface area contributed by atoms with Gasteiger partial charge >= 0.3 is 0 Å². The van der Waals surface area contributed by atoms with Crippen LogP contribution < -0.4 is 16.4 Å². The molecule has 0 aliphatic carbocycles. The van der Waals surface area contributed by atoms with Crippen molar-refractivity contribution in [3.63, 3.8) is 0 Å². The molecule has 3 N–H and O–H groups in total. The fourth-order valence-electron chi connectivity index (χ4n) is 0.620. The van der Waals surface area contributed by atoms with Gasteiger partial charge in [-0.05, 0) is 6.07 Å². The lowest BCUT2D eigenvalue weighted by Crippen LogP contribution is -2.22. The van der Waals surface area contributed by atoms with Gasteiger partial charge in [0, 0.05) is 0 Å². The van der Waals surface area contributed by atoms with E-state index in [1.807, 2.05) is 0 Å². The summed E-state index contributed by atoms with van der Waals surface area (Å²) in [4.78, 5) is 0. The maximum Gasteiger partial charge on any atom is 0.0957 e. The predicted molar refractivity (Wildman–Crippen MR) is 36.3 cm³/mol. The topological polar surface area (TPSA) is 51.2 Å². The lowest BCUT2D eigenvalue weighted by molar-refractivity contribution is 0.172. The van der Waals surface area contributed by atoms with Gasteiger partial charge in [-0.15, -0.1) is 0 Å². The molecule has 0 radical (unpaired) electrons. The predicted octanol–water partition coefficient (Wildman–Crippen LogP) is -0.872. The van der Waals surface area contributed by atoms with Crippen LogP contribution in [0.4, 0.5) is 5.69 Å². The maximum absolute atomic E-state index is 8.94. The Hall–Kier alpha value is -1.38. The number of nitrogens with zero attached hydrogens (tertiary/aromatic N) is 1. The number of hydrogen-bond donors (Lipinski definition) is 2. The molecule has 1 aromatic rings. The third-order valence-corrected chi connectivity index (χ3v) is 1.18. The Kier molecular flexibility index (Phi) is 0.990. The number of nitrogens with two attached hydrogens (primary N) is 1. The molecule has 0 unspecified atom stereocenters. The number of rotatable bonds is 0. The van der Waals surface area contributed by atoms with Crippen LogP contribution in [-0.2, 0) is 0 Å². The molecule has 0 aromatic carbocycles. The highest BCUT2D eigenvalue weighted by atomic mass is 16.5. The van der Waals surface area contributed by atoms with Crippen molar-refractivity contribution in [1.82, 2.24) is 4.73 Å².